The summed E-state index contributed by atoms with van der Waals surface area (Å²) >= 11 is 0. The second kappa shape index (κ2) is 9.19. The highest BCUT2D eigenvalue weighted by Gasteiger charge is 2.22. The van der Waals surface area contributed by atoms with Crippen molar-refractivity contribution in [1.29, 1.82) is 0 Å². The van der Waals surface area contributed by atoms with Crippen LogP contribution in [-0.2, 0) is 21.5 Å². The van der Waals surface area contributed by atoms with Gasteiger partial charge < -0.3 is 9.08 Å². The summed E-state index contributed by atoms with van der Waals surface area (Å²) in [7, 11) is -4.07. The molecule has 5 nitrogen and oxygen atoms in total. The minimum atomic E-state index is -4.07. The zero-order chi connectivity index (χ0) is 20.9. The van der Waals surface area contributed by atoms with Crippen LogP contribution in [0.15, 0.2) is 53.4 Å². The van der Waals surface area contributed by atoms with Crippen molar-refractivity contribution in [2.75, 3.05) is 0 Å². The first-order valence-corrected chi connectivity index (χ1v) is 10.6. The fourth-order valence-electron chi connectivity index (χ4n) is 2.67. The minimum absolute atomic E-state index is 0.0413. The molecule has 0 radical (unpaired) electrons. The van der Waals surface area contributed by atoms with Gasteiger partial charge in [-0.25, -0.2) is 4.39 Å². The maximum absolute atomic E-state index is 13.0. The Morgan fingerprint density at radius 1 is 1.11 bits per heavy atom. The molecule has 0 fully saturated rings. The molecule has 0 aliphatic heterocycles. The van der Waals surface area contributed by atoms with Crippen LogP contribution in [0.5, 0.6) is 5.75 Å². The van der Waals surface area contributed by atoms with E-state index in [2.05, 4.69) is 0 Å². The number of carbonyl (C=O) groups is 1. The van der Waals surface area contributed by atoms with Crippen molar-refractivity contribution in [2.45, 2.75) is 51.6 Å². The van der Waals surface area contributed by atoms with Gasteiger partial charge in [-0.05, 0) is 55.3 Å². The second-order valence-electron chi connectivity index (χ2n) is 7.02. The maximum atomic E-state index is 13.0. The van der Waals surface area contributed by atoms with Gasteiger partial charge in [0, 0.05) is 18.5 Å². The van der Waals surface area contributed by atoms with Gasteiger partial charge in [0.15, 0.2) is 0 Å². The van der Waals surface area contributed by atoms with Crippen molar-refractivity contribution >= 4 is 16.0 Å². The maximum Gasteiger partial charge on any atom is 0.339 e. The van der Waals surface area contributed by atoms with E-state index in [1.54, 1.807) is 17.0 Å². The number of nitrogens with zero attached hydrogens (tertiary/aromatic N) is 1. The molecule has 28 heavy (non-hydrogen) atoms. The van der Waals surface area contributed by atoms with E-state index in [1.807, 2.05) is 33.8 Å². The molecule has 0 heterocycles. The lowest BCUT2D eigenvalue weighted by molar-refractivity contribution is -0.137. The van der Waals surface area contributed by atoms with Gasteiger partial charge in [0.05, 0.1) is 0 Å². The highest BCUT2D eigenvalue weighted by molar-refractivity contribution is 7.87. The van der Waals surface area contributed by atoms with Crippen molar-refractivity contribution in [2.24, 2.45) is 5.92 Å². The molecular weight excluding hydrogens is 381 g/mol. The monoisotopic (exact) mass is 407 g/mol. The van der Waals surface area contributed by atoms with E-state index < -0.39 is 15.9 Å². The third-order valence-corrected chi connectivity index (χ3v) is 5.72. The molecule has 0 spiro atoms. The van der Waals surface area contributed by atoms with Crippen LogP contribution >= 0.6 is 0 Å². The Hall–Kier alpha value is -2.41. The van der Waals surface area contributed by atoms with Crippen molar-refractivity contribution in [3.05, 3.63) is 59.9 Å². The number of hydrogen-bond donors (Lipinski definition) is 0. The largest absolute Gasteiger partial charge is 0.379 e. The third kappa shape index (κ3) is 5.55. The van der Waals surface area contributed by atoms with Crippen LogP contribution in [0.3, 0.4) is 0 Å². The highest BCUT2D eigenvalue weighted by Crippen LogP contribution is 2.22. The van der Waals surface area contributed by atoms with E-state index >= 15 is 0 Å². The first-order chi connectivity index (χ1) is 13.1. The van der Waals surface area contributed by atoms with Crippen LogP contribution < -0.4 is 4.18 Å². The molecule has 0 aromatic heterocycles. The van der Waals surface area contributed by atoms with Crippen molar-refractivity contribution in [1.82, 2.24) is 4.90 Å². The van der Waals surface area contributed by atoms with Crippen LogP contribution in [0.4, 0.5) is 4.39 Å². The fraction of sp³-hybridized carbons (Fsp3) is 0.381. The summed E-state index contributed by atoms with van der Waals surface area (Å²) in [4.78, 5) is 14.2. The molecule has 1 atom stereocenters. The number of hydrogen-bond acceptors (Lipinski definition) is 4. The lowest BCUT2D eigenvalue weighted by Crippen LogP contribution is -2.40. The molecule has 2 aromatic rings. The van der Waals surface area contributed by atoms with Gasteiger partial charge in [-0.1, -0.05) is 32.9 Å². The Morgan fingerprint density at radius 3 is 2.32 bits per heavy atom. The zero-order valence-electron chi connectivity index (χ0n) is 16.6. The first kappa shape index (κ1) is 21.9. The molecule has 0 saturated carbocycles. The average molecular weight is 408 g/mol. The third-order valence-electron chi connectivity index (χ3n) is 4.46. The van der Waals surface area contributed by atoms with Crippen molar-refractivity contribution in [3.63, 3.8) is 0 Å². The van der Waals surface area contributed by atoms with Gasteiger partial charge in [0.1, 0.15) is 16.5 Å². The number of halogens is 1. The SMILES string of the molecule is CCC(C)N(Cc1cccc(OS(=O)(=O)c2ccc(F)cc2)c1)C(=O)C(C)C. The fourth-order valence-corrected chi connectivity index (χ4v) is 3.59. The Labute approximate surface area is 166 Å². The van der Waals surface area contributed by atoms with Crippen LogP contribution in [0, 0.1) is 11.7 Å². The van der Waals surface area contributed by atoms with Crippen LogP contribution in [0.2, 0.25) is 0 Å². The van der Waals surface area contributed by atoms with E-state index in [9.17, 15) is 17.6 Å². The average Bonchev–Trinajstić information content (AvgIpc) is 2.65. The van der Waals surface area contributed by atoms with Crippen molar-refractivity contribution < 1.29 is 21.8 Å². The summed E-state index contributed by atoms with van der Waals surface area (Å²) in [5.74, 6) is -0.476. The van der Waals surface area contributed by atoms with Gasteiger partial charge in [-0.15, -0.1) is 0 Å². The predicted molar refractivity (Wildman–Crippen MR) is 106 cm³/mol. The summed E-state index contributed by atoms with van der Waals surface area (Å²) in [6, 6.07) is 11.1. The zero-order valence-corrected chi connectivity index (χ0v) is 17.4. The molecule has 0 bridgehead atoms. The quantitative estimate of drug-likeness (QED) is 0.610. The van der Waals surface area contributed by atoms with E-state index in [0.717, 1.165) is 36.2 Å². The van der Waals surface area contributed by atoms with Crippen molar-refractivity contribution in [3.8, 4) is 5.75 Å². The van der Waals surface area contributed by atoms with Gasteiger partial charge >= 0.3 is 10.1 Å². The number of benzene rings is 2. The minimum Gasteiger partial charge on any atom is -0.379 e. The standard InChI is InChI=1S/C21H26FNO4S/c1-5-16(4)23(21(24)15(2)3)14-17-7-6-8-19(13-17)27-28(25,26)20-11-9-18(22)10-12-20/h6-13,15-16H,5,14H2,1-4H3. The number of rotatable bonds is 8. The molecule has 152 valence electrons. The van der Waals surface area contributed by atoms with E-state index in [0.29, 0.717) is 6.54 Å². The summed E-state index contributed by atoms with van der Waals surface area (Å²) in [5.41, 5.74) is 0.765. The van der Waals surface area contributed by atoms with Gasteiger partial charge in [0.2, 0.25) is 5.91 Å². The van der Waals surface area contributed by atoms with E-state index in [4.69, 9.17) is 4.18 Å². The Bertz CT molecular complexity index is 910. The Kier molecular flexibility index (Phi) is 7.18. The topological polar surface area (TPSA) is 63.7 Å². The summed E-state index contributed by atoms with van der Waals surface area (Å²) in [6.07, 6.45) is 0.813. The predicted octanol–water partition coefficient (Wildman–Crippen LogP) is 4.38. The normalized spacial score (nSPS) is 12.6. The molecule has 1 unspecified atom stereocenters. The van der Waals surface area contributed by atoms with Gasteiger partial charge in [0.25, 0.3) is 0 Å². The molecular formula is C21H26FNO4S. The van der Waals surface area contributed by atoms with E-state index in [-0.39, 0.29) is 28.5 Å². The lowest BCUT2D eigenvalue weighted by atomic mass is 10.1. The molecule has 0 aliphatic rings. The summed E-state index contributed by atoms with van der Waals surface area (Å²) < 4.78 is 43.0. The smallest absolute Gasteiger partial charge is 0.339 e. The summed E-state index contributed by atoms with van der Waals surface area (Å²) in [6.45, 7) is 8.07. The number of amides is 1. The number of carbonyl (C=O) groups excluding carboxylic acids is 1. The molecule has 1 amide bonds. The molecule has 2 aromatic carbocycles. The Morgan fingerprint density at radius 2 is 1.75 bits per heavy atom. The highest BCUT2D eigenvalue weighted by atomic mass is 32.2. The molecule has 0 N–H and O–H groups in total. The molecule has 0 saturated heterocycles. The molecule has 2 rings (SSSR count). The van der Waals surface area contributed by atoms with Crippen LogP contribution in [0.25, 0.3) is 0 Å². The lowest BCUT2D eigenvalue weighted by Gasteiger charge is -2.30. The van der Waals surface area contributed by atoms with Gasteiger partial charge in [-0.3, -0.25) is 4.79 Å². The van der Waals surface area contributed by atoms with Gasteiger partial charge in [-0.2, -0.15) is 8.42 Å². The second-order valence-corrected chi connectivity index (χ2v) is 8.56. The summed E-state index contributed by atoms with van der Waals surface area (Å²) in [5, 5.41) is 0. The molecule has 0 aliphatic carbocycles. The Balaban J connectivity index is 2.23. The van der Waals surface area contributed by atoms with Crippen LogP contribution in [0.1, 0.15) is 39.7 Å². The molecule has 7 heteroatoms. The van der Waals surface area contributed by atoms with Crippen LogP contribution in [-0.4, -0.2) is 25.3 Å². The first-order valence-electron chi connectivity index (χ1n) is 9.23. The van der Waals surface area contributed by atoms with E-state index in [1.165, 1.54) is 6.07 Å².